The number of amides is 1. The number of fused-ring (bicyclic) bond motifs is 1. The van der Waals surface area contributed by atoms with Gasteiger partial charge in [-0.25, -0.2) is 14.6 Å². The Bertz CT molecular complexity index is 939. The first-order valence-electron chi connectivity index (χ1n) is 8.71. The lowest BCUT2D eigenvalue weighted by Crippen LogP contribution is -2.25. The van der Waals surface area contributed by atoms with E-state index in [0.717, 1.165) is 21.7 Å². The summed E-state index contributed by atoms with van der Waals surface area (Å²) in [5.74, 6) is 0.603. The highest BCUT2D eigenvalue weighted by Crippen LogP contribution is 2.23. The number of nitrogens with zero attached hydrogens (tertiary/aromatic N) is 4. The van der Waals surface area contributed by atoms with Crippen LogP contribution in [0.4, 0.5) is 5.82 Å². The molecule has 1 amide bonds. The lowest BCUT2D eigenvalue weighted by atomic mass is 10.4. The summed E-state index contributed by atoms with van der Waals surface area (Å²) in [6, 6.07) is 3.92. The number of anilines is 1. The fourth-order valence-corrected chi connectivity index (χ4v) is 3.46. The SMILES string of the molecule is COCCNc1nc(SC)nc2c1cnn2CCNC(=O)/C=C/c1cccs1. The Morgan fingerprint density at radius 3 is 3.04 bits per heavy atom. The van der Waals surface area contributed by atoms with Crippen molar-refractivity contribution >= 4 is 51.9 Å². The van der Waals surface area contributed by atoms with E-state index in [0.29, 0.717) is 31.4 Å². The number of thioether (sulfide) groups is 1. The Morgan fingerprint density at radius 2 is 2.29 bits per heavy atom. The molecule has 0 saturated carbocycles. The number of carbonyl (C=O) groups excluding carboxylic acids is 1. The second-order valence-electron chi connectivity index (χ2n) is 5.72. The molecule has 28 heavy (non-hydrogen) atoms. The second kappa shape index (κ2) is 10.2. The van der Waals surface area contributed by atoms with Crippen LogP contribution in [0.1, 0.15) is 4.88 Å². The van der Waals surface area contributed by atoms with Crippen molar-refractivity contribution in [3.63, 3.8) is 0 Å². The average Bonchev–Trinajstić information content (AvgIpc) is 3.36. The second-order valence-corrected chi connectivity index (χ2v) is 7.48. The van der Waals surface area contributed by atoms with Crippen LogP contribution in [0.2, 0.25) is 0 Å². The highest BCUT2D eigenvalue weighted by atomic mass is 32.2. The quantitative estimate of drug-likeness (QED) is 0.226. The third-order valence-corrected chi connectivity index (χ3v) is 5.21. The van der Waals surface area contributed by atoms with Crippen molar-refractivity contribution in [3.05, 3.63) is 34.7 Å². The van der Waals surface area contributed by atoms with Crippen LogP contribution in [0.5, 0.6) is 0 Å². The van der Waals surface area contributed by atoms with Crippen LogP contribution in [-0.4, -0.2) is 58.7 Å². The van der Waals surface area contributed by atoms with E-state index in [9.17, 15) is 4.79 Å². The lowest BCUT2D eigenvalue weighted by Gasteiger charge is -2.08. The molecule has 0 aliphatic rings. The molecular weight excluding hydrogens is 396 g/mol. The van der Waals surface area contributed by atoms with Gasteiger partial charge >= 0.3 is 0 Å². The van der Waals surface area contributed by atoms with Gasteiger partial charge in [0.1, 0.15) is 5.82 Å². The Hall–Kier alpha value is -2.43. The van der Waals surface area contributed by atoms with Gasteiger partial charge in [0.25, 0.3) is 0 Å². The number of ether oxygens (including phenoxy) is 1. The first-order valence-corrected chi connectivity index (χ1v) is 10.8. The number of hydrogen-bond donors (Lipinski definition) is 2. The molecule has 0 atom stereocenters. The molecule has 10 heteroatoms. The van der Waals surface area contributed by atoms with E-state index < -0.39 is 0 Å². The maximum atomic E-state index is 12.0. The van der Waals surface area contributed by atoms with Gasteiger partial charge in [0.15, 0.2) is 10.8 Å². The van der Waals surface area contributed by atoms with Gasteiger partial charge in [0.05, 0.1) is 24.7 Å². The summed E-state index contributed by atoms with van der Waals surface area (Å²) in [7, 11) is 1.66. The molecule has 8 nitrogen and oxygen atoms in total. The van der Waals surface area contributed by atoms with Crippen LogP contribution in [0.3, 0.4) is 0 Å². The van der Waals surface area contributed by atoms with Crippen molar-refractivity contribution in [1.82, 2.24) is 25.1 Å². The molecule has 3 heterocycles. The van der Waals surface area contributed by atoms with Gasteiger partial charge in [-0.15, -0.1) is 11.3 Å². The van der Waals surface area contributed by atoms with E-state index in [1.54, 1.807) is 41.5 Å². The number of hydrogen-bond acceptors (Lipinski definition) is 8. The summed E-state index contributed by atoms with van der Waals surface area (Å²) in [6.45, 7) is 2.20. The van der Waals surface area contributed by atoms with Crippen LogP contribution in [0.15, 0.2) is 34.9 Å². The predicted octanol–water partition coefficient (Wildman–Crippen LogP) is 2.50. The molecule has 0 aliphatic carbocycles. The Kier molecular flexibility index (Phi) is 7.40. The summed E-state index contributed by atoms with van der Waals surface area (Å²) >= 11 is 3.06. The minimum absolute atomic E-state index is 0.133. The summed E-state index contributed by atoms with van der Waals surface area (Å²) < 4.78 is 6.86. The van der Waals surface area contributed by atoms with Gasteiger partial charge in [-0.1, -0.05) is 17.8 Å². The molecule has 0 spiro atoms. The third-order valence-electron chi connectivity index (χ3n) is 3.82. The number of nitrogens with one attached hydrogen (secondary N) is 2. The third kappa shape index (κ3) is 5.31. The topological polar surface area (TPSA) is 94.0 Å². The molecular formula is C18H22N6O2S2. The van der Waals surface area contributed by atoms with E-state index in [-0.39, 0.29) is 5.91 Å². The van der Waals surface area contributed by atoms with Crippen molar-refractivity contribution in [2.24, 2.45) is 0 Å². The van der Waals surface area contributed by atoms with Crippen LogP contribution < -0.4 is 10.6 Å². The molecule has 0 aromatic carbocycles. The van der Waals surface area contributed by atoms with E-state index in [1.165, 1.54) is 11.8 Å². The smallest absolute Gasteiger partial charge is 0.244 e. The highest BCUT2D eigenvalue weighted by molar-refractivity contribution is 7.98. The molecule has 0 unspecified atom stereocenters. The Morgan fingerprint density at radius 1 is 1.39 bits per heavy atom. The van der Waals surface area contributed by atoms with Gasteiger partial charge in [-0.3, -0.25) is 4.79 Å². The zero-order chi connectivity index (χ0) is 19.8. The van der Waals surface area contributed by atoms with Crippen molar-refractivity contribution in [2.45, 2.75) is 11.7 Å². The zero-order valence-corrected chi connectivity index (χ0v) is 17.3. The minimum Gasteiger partial charge on any atom is -0.383 e. The molecule has 0 saturated heterocycles. The largest absolute Gasteiger partial charge is 0.383 e. The lowest BCUT2D eigenvalue weighted by molar-refractivity contribution is -0.116. The van der Waals surface area contributed by atoms with Crippen molar-refractivity contribution in [1.29, 1.82) is 0 Å². The number of carbonyl (C=O) groups is 1. The Labute approximate surface area is 171 Å². The van der Waals surface area contributed by atoms with Crippen LogP contribution in [0, 0.1) is 0 Å². The first-order chi connectivity index (χ1) is 13.7. The maximum Gasteiger partial charge on any atom is 0.244 e. The molecule has 3 aromatic heterocycles. The number of rotatable bonds is 10. The number of methoxy groups -OCH3 is 1. The van der Waals surface area contributed by atoms with Gasteiger partial charge in [-0.05, 0) is 23.8 Å². The average molecular weight is 419 g/mol. The van der Waals surface area contributed by atoms with E-state index >= 15 is 0 Å². The number of aromatic nitrogens is 4. The molecule has 0 fully saturated rings. The standard InChI is InChI=1S/C18H22N6O2S2/c1-26-10-8-20-16-14-12-21-24(17(14)23-18(22-16)27-2)9-7-19-15(25)6-5-13-4-3-11-28-13/h3-6,11-12H,7-10H2,1-2H3,(H,19,25)(H,20,22,23)/b6-5+. The fraction of sp³-hybridized carbons (Fsp3) is 0.333. The van der Waals surface area contributed by atoms with Gasteiger partial charge in [0.2, 0.25) is 5.91 Å². The first kappa shape index (κ1) is 20.3. The fourth-order valence-electron chi connectivity index (χ4n) is 2.48. The normalized spacial score (nSPS) is 11.4. The number of thiophene rings is 1. The van der Waals surface area contributed by atoms with Gasteiger partial charge in [0, 0.05) is 31.2 Å². The van der Waals surface area contributed by atoms with Gasteiger partial charge < -0.3 is 15.4 Å². The minimum atomic E-state index is -0.133. The maximum absolute atomic E-state index is 12.0. The molecule has 0 radical (unpaired) electrons. The Balaban J connectivity index is 1.64. The molecule has 3 rings (SSSR count). The van der Waals surface area contributed by atoms with Crippen molar-refractivity contribution in [2.75, 3.05) is 38.4 Å². The molecule has 2 N–H and O–H groups in total. The van der Waals surface area contributed by atoms with E-state index in [2.05, 4.69) is 25.7 Å². The van der Waals surface area contributed by atoms with Crippen LogP contribution in [0.25, 0.3) is 17.1 Å². The summed E-state index contributed by atoms with van der Waals surface area (Å²) in [6.07, 6.45) is 7.02. The molecule has 148 valence electrons. The zero-order valence-electron chi connectivity index (χ0n) is 15.7. The highest BCUT2D eigenvalue weighted by Gasteiger charge is 2.12. The van der Waals surface area contributed by atoms with E-state index in [4.69, 9.17) is 4.74 Å². The van der Waals surface area contributed by atoms with Crippen LogP contribution >= 0.6 is 23.1 Å². The van der Waals surface area contributed by atoms with Gasteiger partial charge in [-0.2, -0.15) is 5.10 Å². The summed E-state index contributed by atoms with van der Waals surface area (Å²) in [4.78, 5) is 22.1. The molecule has 0 bridgehead atoms. The van der Waals surface area contributed by atoms with Crippen LogP contribution in [-0.2, 0) is 16.1 Å². The van der Waals surface area contributed by atoms with Crippen molar-refractivity contribution in [3.8, 4) is 0 Å². The predicted molar refractivity (Wildman–Crippen MR) is 114 cm³/mol. The molecule has 3 aromatic rings. The monoisotopic (exact) mass is 418 g/mol. The van der Waals surface area contributed by atoms with Crippen molar-refractivity contribution < 1.29 is 9.53 Å². The molecule has 0 aliphatic heterocycles. The summed E-state index contributed by atoms with van der Waals surface area (Å²) in [5, 5.41) is 14.0. The van der Waals surface area contributed by atoms with E-state index in [1.807, 2.05) is 23.8 Å². The summed E-state index contributed by atoms with van der Waals surface area (Å²) in [5.41, 5.74) is 0.739.